The highest BCUT2D eigenvalue weighted by atomic mass is 15.0. The summed E-state index contributed by atoms with van der Waals surface area (Å²) in [4.78, 5) is 15.5. The Morgan fingerprint density at radius 3 is 2.80 bits per heavy atom. The molecule has 5 nitrogen and oxygen atoms in total. The molecule has 0 atom stereocenters. The monoisotopic (exact) mass is 203 g/mol. The van der Waals surface area contributed by atoms with Gasteiger partial charge in [0.25, 0.3) is 0 Å². The number of hydrogen-bond donors (Lipinski definition) is 2. The highest BCUT2D eigenvalue weighted by Gasteiger charge is 1.96. The van der Waals surface area contributed by atoms with Crippen LogP contribution in [0.5, 0.6) is 0 Å². The first-order chi connectivity index (χ1) is 7.34. The number of nitrogens with one attached hydrogen (secondary N) is 2. The molecule has 15 heavy (non-hydrogen) atoms. The van der Waals surface area contributed by atoms with Gasteiger partial charge in [-0.05, 0) is 6.92 Å². The van der Waals surface area contributed by atoms with Crippen molar-refractivity contribution < 1.29 is 0 Å². The van der Waals surface area contributed by atoms with Gasteiger partial charge in [-0.2, -0.15) is 0 Å². The van der Waals surface area contributed by atoms with Crippen LogP contribution in [0.3, 0.4) is 0 Å². The Hall–Kier alpha value is -1.75. The van der Waals surface area contributed by atoms with Crippen LogP contribution < -0.4 is 5.32 Å². The third-order valence-electron chi connectivity index (χ3n) is 1.99. The smallest absolute Gasteiger partial charge is 0.120 e. The van der Waals surface area contributed by atoms with Crippen LogP contribution in [0.1, 0.15) is 17.2 Å². The molecule has 0 spiro atoms. The molecule has 0 saturated heterocycles. The molecule has 78 valence electrons. The van der Waals surface area contributed by atoms with Gasteiger partial charge < -0.3 is 10.3 Å². The lowest BCUT2D eigenvalue weighted by atomic mass is 10.4. The van der Waals surface area contributed by atoms with Crippen LogP contribution in [-0.4, -0.2) is 19.9 Å². The molecule has 2 aromatic rings. The van der Waals surface area contributed by atoms with E-state index in [1.165, 1.54) is 0 Å². The third-order valence-corrected chi connectivity index (χ3v) is 1.99. The topological polar surface area (TPSA) is 66.5 Å². The van der Waals surface area contributed by atoms with Crippen molar-refractivity contribution in [3.05, 3.63) is 42.0 Å². The fourth-order valence-corrected chi connectivity index (χ4v) is 1.21. The Morgan fingerprint density at radius 2 is 2.13 bits per heavy atom. The Morgan fingerprint density at radius 1 is 1.20 bits per heavy atom. The van der Waals surface area contributed by atoms with E-state index in [9.17, 15) is 0 Å². The predicted octanol–water partition coefficient (Wildman–Crippen LogP) is 0.798. The molecule has 0 saturated carbocycles. The average Bonchev–Trinajstić information content (AvgIpc) is 2.74. The number of nitrogens with zero attached hydrogens (tertiary/aromatic N) is 3. The first-order valence-corrected chi connectivity index (χ1v) is 4.81. The maximum absolute atomic E-state index is 4.24. The minimum atomic E-state index is 0.702. The van der Waals surface area contributed by atoms with E-state index >= 15 is 0 Å². The molecule has 0 aromatic carbocycles. The molecule has 2 heterocycles. The molecule has 0 bridgehead atoms. The van der Waals surface area contributed by atoms with Crippen LogP contribution in [0.15, 0.2) is 24.8 Å². The third kappa shape index (κ3) is 2.85. The van der Waals surface area contributed by atoms with E-state index in [2.05, 4.69) is 25.3 Å². The molecule has 0 aliphatic rings. The zero-order valence-corrected chi connectivity index (χ0v) is 8.57. The molecule has 0 fully saturated rings. The molecule has 2 N–H and O–H groups in total. The second-order valence-corrected chi connectivity index (χ2v) is 3.29. The lowest BCUT2D eigenvalue weighted by Crippen LogP contribution is -2.14. The fourth-order valence-electron chi connectivity index (χ4n) is 1.21. The van der Waals surface area contributed by atoms with Gasteiger partial charge in [0.1, 0.15) is 5.82 Å². The van der Waals surface area contributed by atoms with Crippen LogP contribution in [-0.2, 0) is 13.1 Å². The summed E-state index contributed by atoms with van der Waals surface area (Å²) in [6.45, 7) is 3.34. The fraction of sp³-hybridized carbons (Fsp3) is 0.300. The number of aryl methyl sites for hydroxylation is 1. The minimum absolute atomic E-state index is 0.702. The van der Waals surface area contributed by atoms with Gasteiger partial charge in [-0.15, -0.1) is 0 Å². The predicted molar refractivity (Wildman–Crippen MR) is 55.9 cm³/mol. The van der Waals surface area contributed by atoms with Crippen molar-refractivity contribution in [2.24, 2.45) is 0 Å². The van der Waals surface area contributed by atoms with Crippen molar-refractivity contribution in [2.45, 2.75) is 20.0 Å². The molecule has 0 aliphatic carbocycles. The number of aromatic amines is 1. The summed E-state index contributed by atoms with van der Waals surface area (Å²) in [5.74, 6) is 0.926. The summed E-state index contributed by atoms with van der Waals surface area (Å²) in [5, 5.41) is 3.23. The summed E-state index contributed by atoms with van der Waals surface area (Å²) >= 11 is 0. The maximum Gasteiger partial charge on any atom is 0.120 e. The second-order valence-electron chi connectivity index (χ2n) is 3.29. The van der Waals surface area contributed by atoms with E-state index in [-0.39, 0.29) is 0 Å². The van der Waals surface area contributed by atoms with Crippen molar-refractivity contribution in [3.8, 4) is 0 Å². The molecule has 0 unspecified atom stereocenters. The van der Waals surface area contributed by atoms with E-state index in [1.807, 2.05) is 13.1 Å². The van der Waals surface area contributed by atoms with E-state index in [0.29, 0.717) is 13.1 Å². The van der Waals surface area contributed by atoms with Crippen LogP contribution in [0, 0.1) is 6.92 Å². The highest BCUT2D eigenvalue weighted by Crippen LogP contribution is 1.94. The highest BCUT2D eigenvalue weighted by molar-refractivity contribution is 5.00. The SMILES string of the molecule is Cc1cnc(CNCc2ncc[nH]2)cn1. The maximum atomic E-state index is 4.24. The van der Waals surface area contributed by atoms with Gasteiger partial charge in [0.2, 0.25) is 0 Å². The lowest BCUT2D eigenvalue weighted by Gasteiger charge is -2.01. The Kier molecular flexibility index (Phi) is 3.04. The van der Waals surface area contributed by atoms with Crippen molar-refractivity contribution in [1.82, 2.24) is 25.3 Å². The number of hydrogen-bond acceptors (Lipinski definition) is 4. The molecule has 0 amide bonds. The number of rotatable bonds is 4. The lowest BCUT2D eigenvalue weighted by molar-refractivity contribution is 0.654. The summed E-state index contributed by atoms with van der Waals surface area (Å²) in [6.07, 6.45) is 7.10. The minimum Gasteiger partial charge on any atom is -0.348 e. The van der Waals surface area contributed by atoms with E-state index in [4.69, 9.17) is 0 Å². The largest absolute Gasteiger partial charge is 0.348 e. The van der Waals surface area contributed by atoms with Crippen LogP contribution in [0.25, 0.3) is 0 Å². The van der Waals surface area contributed by atoms with Gasteiger partial charge in [0.05, 0.1) is 17.9 Å². The van der Waals surface area contributed by atoms with Crippen molar-refractivity contribution in [2.75, 3.05) is 0 Å². The number of H-pyrrole nitrogens is 1. The van der Waals surface area contributed by atoms with Crippen LogP contribution >= 0.6 is 0 Å². The standard InChI is InChI=1S/C10H13N5/c1-8-4-15-9(6-14-8)5-11-7-10-12-2-3-13-10/h2-4,6,11H,5,7H2,1H3,(H,12,13). The zero-order valence-electron chi connectivity index (χ0n) is 8.57. The van der Waals surface area contributed by atoms with E-state index < -0.39 is 0 Å². The summed E-state index contributed by atoms with van der Waals surface area (Å²) in [5.41, 5.74) is 1.87. The van der Waals surface area contributed by atoms with Gasteiger partial charge in [0, 0.05) is 31.3 Å². The quantitative estimate of drug-likeness (QED) is 0.771. The average molecular weight is 203 g/mol. The molecule has 2 rings (SSSR count). The molecule has 2 aromatic heterocycles. The Balaban J connectivity index is 1.81. The van der Waals surface area contributed by atoms with E-state index in [0.717, 1.165) is 17.2 Å². The van der Waals surface area contributed by atoms with Gasteiger partial charge in [-0.3, -0.25) is 9.97 Å². The zero-order chi connectivity index (χ0) is 10.5. The van der Waals surface area contributed by atoms with Gasteiger partial charge in [0.15, 0.2) is 0 Å². The number of aromatic nitrogens is 4. The van der Waals surface area contributed by atoms with E-state index in [1.54, 1.807) is 18.6 Å². The Labute approximate surface area is 88.0 Å². The summed E-state index contributed by atoms with van der Waals surface area (Å²) in [7, 11) is 0. The first kappa shape index (κ1) is 9.79. The van der Waals surface area contributed by atoms with Gasteiger partial charge in [-0.25, -0.2) is 4.98 Å². The second kappa shape index (κ2) is 4.65. The van der Waals surface area contributed by atoms with Crippen LogP contribution in [0.2, 0.25) is 0 Å². The van der Waals surface area contributed by atoms with Gasteiger partial charge >= 0.3 is 0 Å². The van der Waals surface area contributed by atoms with Crippen LogP contribution in [0.4, 0.5) is 0 Å². The number of imidazole rings is 1. The molecule has 5 heteroatoms. The summed E-state index contributed by atoms with van der Waals surface area (Å²) < 4.78 is 0. The molecule has 0 aliphatic heterocycles. The van der Waals surface area contributed by atoms with Gasteiger partial charge in [-0.1, -0.05) is 0 Å². The molecular formula is C10H13N5. The normalized spacial score (nSPS) is 10.5. The Bertz CT molecular complexity index is 392. The first-order valence-electron chi connectivity index (χ1n) is 4.81. The van der Waals surface area contributed by atoms with Crippen molar-refractivity contribution in [1.29, 1.82) is 0 Å². The van der Waals surface area contributed by atoms with Crippen molar-refractivity contribution >= 4 is 0 Å². The molecular weight excluding hydrogens is 190 g/mol. The molecule has 0 radical (unpaired) electrons. The summed E-state index contributed by atoms with van der Waals surface area (Å²) in [6, 6.07) is 0. The van der Waals surface area contributed by atoms with Crippen molar-refractivity contribution in [3.63, 3.8) is 0 Å².